The Morgan fingerprint density at radius 2 is 2.24 bits per heavy atom. The third kappa shape index (κ3) is 3.57. The normalized spacial score (nSPS) is 11.3. The van der Waals surface area contributed by atoms with Crippen molar-refractivity contribution in [3.63, 3.8) is 0 Å². The van der Waals surface area contributed by atoms with E-state index in [0.717, 1.165) is 16.9 Å². The van der Waals surface area contributed by atoms with E-state index in [0.29, 0.717) is 12.3 Å². The molecule has 0 spiro atoms. The predicted molar refractivity (Wildman–Crippen MR) is 77.0 cm³/mol. The average Bonchev–Trinajstić information content (AvgIpc) is 2.89. The van der Waals surface area contributed by atoms with Gasteiger partial charge in [0.05, 0.1) is 12.1 Å². The van der Waals surface area contributed by atoms with Gasteiger partial charge < -0.3 is 9.84 Å². The van der Waals surface area contributed by atoms with Crippen molar-refractivity contribution in [2.45, 2.75) is 10.8 Å². The van der Waals surface area contributed by atoms with Crippen LogP contribution in [-0.2, 0) is 21.4 Å². The van der Waals surface area contributed by atoms with Crippen molar-refractivity contribution in [2.75, 3.05) is 11.8 Å². The Balaban J connectivity index is 2.31. The summed E-state index contributed by atoms with van der Waals surface area (Å²) in [4.78, 5) is 14.5. The van der Waals surface area contributed by atoms with Gasteiger partial charge in [-0.05, 0) is 17.7 Å². The van der Waals surface area contributed by atoms with Crippen molar-refractivity contribution in [1.82, 2.24) is 4.98 Å². The molecule has 2 rings (SSSR count). The second-order valence-electron chi connectivity index (χ2n) is 4.03. The molecule has 9 heteroatoms. The first-order valence-electron chi connectivity index (χ1n) is 5.71. The molecule has 1 aromatic carbocycles. The van der Waals surface area contributed by atoms with Crippen LogP contribution in [0.25, 0.3) is 0 Å². The number of hydrogen-bond donors (Lipinski definition) is 2. The number of aromatic nitrogens is 1. The number of rotatable bonds is 6. The molecule has 2 aromatic rings. The Bertz CT molecular complexity index is 755. The van der Waals surface area contributed by atoms with E-state index in [4.69, 9.17) is 9.84 Å². The van der Waals surface area contributed by atoms with Crippen LogP contribution in [0.1, 0.15) is 16.1 Å². The van der Waals surface area contributed by atoms with E-state index in [9.17, 15) is 13.2 Å². The molecule has 0 aliphatic carbocycles. The van der Waals surface area contributed by atoms with Gasteiger partial charge in [0.15, 0.2) is 9.90 Å². The molecule has 0 amide bonds. The highest BCUT2D eigenvalue weighted by Gasteiger charge is 2.25. The molecule has 0 aliphatic rings. The predicted octanol–water partition coefficient (Wildman–Crippen LogP) is 1.79. The van der Waals surface area contributed by atoms with Gasteiger partial charge in [-0.2, -0.15) is 0 Å². The number of carbonyl (C=O) groups is 1. The van der Waals surface area contributed by atoms with Crippen molar-refractivity contribution in [3.05, 3.63) is 41.0 Å². The highest BCUT2D eigenvalue weighted by atomic mass is 32.2. The lowest BCUT2D eigenvalue weighted by atomic mass is 10.2. The lowest BCUT2D eigenvalue weighted by Crippen LogP contribution is -2.15. The molecular weight excluding hydrogens is 316 g/mol. The van der Waals surface area contributed by atoms with Crippen LogP contribution < -0.4 is 4.72 Å². The van der Waals surface area contributed by atoms with Gasteiger partial charge in [0.25, 0.3) is 10.0 Å². The van der Waals surface area contributed by atoms with Crippen molar-refractivity contribution in [2.24, 2.45) is 0 Å². The maximum absolute atomic E-state index is 12.2. The van der Waals surface area contributed by atoms with Crippen LogP contribution in [0.2, 0.25) is 0 Å². The summed E-state index contributed by atoms with van der Waals surface area (Å²) in [5, 5.41) is 8.93. The topological polar surface area (TPSA) is 106 Å². The van der Waals surface area contributed by atoms with E-state index in [1.54, 1.807) is 24.3 Å². The second-order valence-corrected chi connectivity index (χ2v) is 6.76. The molecule has 0 saturated carbocycles. The lowest BCUT2D eigenvalue weighted by molar-refractivity contribution is 0.0687. The minimum atomic E-state index is -3.99. The molecule has 1 aromatic heterocycles. The highest BCUT2D eigenvalue weighted by molar-refractivity contribution is 7.94. The summed E-state index contributed by atoms with van der Waals surface area (Å²) in [6, 6.07) is 6.65. The van der Waals surface area contributed by atoms with Crippen LogP contribution in [0.5, 0.6) is 0 Å². The number of ether oxygens (including phenoxy) is 1. The fraction of sp³-hybridized carbons (Fsp3) is 0.167. The maximum atomic E-state index is 12.2. The van der Waals surface area contributed by atoms with E-state index in [2.05, 4.69) is 9.71 Å². The molecule has 0 bridgehead atoms. The van der Waals surface area contributed by atoms with Crippen molar-refractivity contribution in [1.29, 1.82) is 0 Å². The highest BCUT2D eigenvalue weighted by Crippen LogP contribution is 2.23. The lowest BCUT2D eigenvalue weighted by Gasteiger charge is -2.08. The number of anilines is 1. The molecule has 1 heterocycles. The standard InChI is InChI=1S/C12H12N2O5S2/c1-19-6-8-3-2-4-9(5-8)14-21(17,18)12-10(11(15)16)13-7-20-12/h2-5,7,14H,6H2,1H3,(H,15,16). The minimum absolute atomic E-state index is 0.327. The van der Waals surface area contributed by atoms with Crippen LogP contribution in [-0.4, -0.2) is 31.6 Å². The molecule has 0 saturated heterocycles. The van der Waals surface area contributed by atoms with E-state index in [1.165, 1.54) is 12.6 Å². The number of hydrogen-bond acceptors (Lipinski definition) is 6. The van der Waals surface area contributed by atoms with E-state index in [1.807, 2.05) is 0 Å². The molecule has 112 valence electrons. The van der Waals surface area contributed by atoms with E-state index >= 15 is 0 Å². The molecule has 0 atom stereocenters. The van der Waals surface area contributed by atoms with Crippen molar-refractivity contribution in [3.8, 4) is 0 Å². The van der Waals surface area contributed by atoms with Gasteiger partial charge in [-0.3, -0.25) is 4.72 Å². The third-order valence-electron chi connectivity index (χ3n) is 2.47. The molecular formula is C12H12N2O5S2. The second kappa shape index (κ2) is 6.20. The first kappa shape index (κ1) is 15.4. The maximum Gasteiger partial charge on any atom is 0.356 e. The van der Waals surface area contributed by atoms with Gasteiger partial charge in [-0.25, -0.2) is 18.2 Å². The van der Waals surface area contributed by atoms with Crippen LogP contribution in [0, 0.1) is 0 Å². The van der Waals surface area contributed by atoms with Crippen molar-refractivity contribution >= 4 is 33.0 Å². The number of methoxy groups -OCH3 is 1. The summed E-state index contributed by atoms with van der Waals surface area (Å²) in [6.07, 6.45) is 0. The summed E-state index contributed by atoms with van der Waals surface area (Å²) in [7, 11) is -2.46. The number of nitrogens with zero attached hydrogens (tertiary/aromatic N) is 1. The fourth-order valence-electron chi connectivity index (χ4n) is 1.66. The van der Waals surface area contributed by atoms with Crippen LogP contribution in [0.4, 0.5) is 5.69 Å². The van der Waals surface area contributed by atoms with Gasteiger partial charge in [0.2, 0.25) is 0 Å². The van der Waals surface area contributed by atoms with E-state index < -0.39 is 21.7 Å². The zero-order chi connectivity index (χ0) is 15.5. The Hall–Kier alpha value is -1.97. The van der Waals surface area contributed by atoms with Crippen LogP contribution in [0.15, 0.2) is 34.0 Å². The molecule has 0 aliphatic heterocycles. The zero-order valence-corrected chi connectivity index (χ0v) is 12.6. The van der Waals surface area contributed by atoms with E-state index in [-0.39, 0.29) is 4.21 Å². The molecule has 21 heavy (non-hydrogen) atoms. The van der Waals surface area contributed by atoms with Gasteiger partial charge in [0, 0.05) is 12.8 Å². The zero-order valence-electron chi connectivity index (χ0n) is 10.9. The number of carboxylic acids is 1. The monoisotopic (exact) mass is 328 g/mol. The molecule has 0 fully saturated rings. The summed E-state index contributed by atoms with van der Waals surface area (Å²) in [5.41, 5.74) is 1.81. The summed E-state index contributed by atoms with van der Waals surface area (Å²) in [5.74, 6) is -1.38. The first-order valence-corrected chi connectivity index (χ1v) is 8.08. The number of sulfonamides is 1. The van der Waals surface area contributed by atoms with Gasteiger partial charge in [0.1, 0.15) is 0 Å². The Labute approximate surface area is 125 Å². The summed E-state index contributed by atoms with van der Waals surface area (Å²) >= 11 is 0.751. The van der Waals surface area contributed by atoms with Gasteiger partial charge >= 0.3 is 5.97 Å². The average molecular weight is 328 g/mol. The number of nitrogens with one attached hydrogen (secondary N) is 1. The molecule has 0 radical (unpaired) electrons. The van der Waals surface area contributed by atoms with Crippen LogP contribution >= 0.6 is 11.3 Å². The number of carboxylic acid groups (broad SMARTS) is 1. The van der Waals surface area contributed by atoms with Gasteiger partial charge in [-0.15, -0.1) is 11.3 Å². The first-order chi connectivity index (χ1) is 9.94. The molecule has 2 N–H and O–H groups in total. The number of aromatic carboxylic acids is 1. The minimum Gasteiger partial charge on any atom is -0.476 e. The summed E-state index contributed by atoms with van der Waals surface area (Å²) < 4.78 is 31.4. The smallest absolute Gasteiger partial charge is 0.356 e. The van der Waals surface area contributed by atoms with Crippen LogP contribution in [0.3, 0.4) is 0 Å². The number of thiazole rings is 1. The van der Waals surface area contributed by atoms with Crippen molar-refractivity contribution < 1.29 is 23.1 Å². The third-order valence-corrected chi connectivity index (χ3v) is 5.22. The quantitative estimate of drug-likeness (QED) is 0.837. The Kier molecular flexibility index (Phi) is 4.56. The fourth-order valence-corrected chi connectivity index (χ4v) is 3.85. The SMILES string of the molecule is COCc1cccc(NS(=O)(=O)c2scnc2C(=O)O)c1. The number of benzene rings is 1. The largest absolute Gasteiger partial charge is 0.476 e. The summed E-state index contributed by atoms with van der Waals surface area (Å²) in [6.45, 7) is 0.344. The Morgan fingerprint density at radius 3 is 2.90 bits per heavy atom. The molecule has 7 nitrogen and oxygen atoms in total. The molecule has 0 unspecified atom stereocenters. The Morgan fingerprint density at radius 1 is 1.48 bits per heavy atom. The van der Waals surface area contributed by atoms with Gasteiger partial charge in [-0.1, -0.05) is 12.1 Å².